The average molecular weight is 407 g/mol. The van der Waals surface area contributed by atoms with Gasteiger partial charge >= 0.3 is 0 Å². The second kappa shape index (κ2) is 7.63. The predicted octanol–water partition coefficient (Wildman–Crippen LogP) is 3.90. The van der Waals surface area contributed by atoms with Gasteiger partial charge in [0.1, 0.15) is 11.3 Å². The first-order valence-corrected chi connectivity index (χ1v) is 9.95. The van der Waals surface area contributed by atoms with Crippen molar-refractivity contribution in [3.05, 3.63) is 65.2 Å². The van der Waals surface area contributed by atoms with Crippen LogP contribution in [0.1, 0.15) is 27.3 Å². The topological polar surface area (TPSA) is 73.1 Å². The molecular formula is C21H21N5O2S. The Bertz CT molecular complexity index is 1160. The van der Waals surface area contributed by atoms with E-state index in [4.69, 9.17) is 9.72 Å². The summed E-state index contributed by atoms with van der Waals surface area (Å²) in [6.45, 7) is 4.30. The van der Waals surface area contributed by atoms with E-state index in [0.29, 0.717) is 23.1 Å². The van der Waals surface area contributed by atoms with Gasteiger partial charge in [0.25, 0.3) is 5.91 Å². The van der Waals surface area contributed by atoms with E-state index in [1.807, 2.05) is 45.2 Å². The summed E-state index contributed by atoms with van der Waals surface area (Å²) >= 11 is 1.47. The monoisotopic (exact) mass is 407 g/mol. The Morgan fingerprint density at radius 1 is 1.28 bits per heavy atom. The van der Waals surface area contributed by atoms with Crippen molar-refractivity contribution in [2.75, 3.05) is 12.0 Å². The van der Waals surface area contributed by atoms with Crippen molar-refractivity contribution >= 4 is 32.6 Å². The summed E-state index contributed by atoms with van der Waals surface area (Å²) in [4.78, 5) is 24.0. The van der Waals surface area contributed by atoms with Gasteiger partial charge in [0.2, 0.25) is 0 Å². The van der Waals surface area contributed by atoms with Crippen LogP contribution < -0.4 is 9.64 Å². The van der Waals surface area contributed by atoms with E-state index in [9.17, 15) is 4.79 Å². The molecule has 0 fully saturated rings. The van der Waals surface area contributed by atoms with Crippen molar-refractivity contribution in [2.24, 2.45) is 7.05 Å². The molecule has 0 atom stereocenters. The van der Waals surface area contributed by atoms with Gasteiger partial charge in [-0.15, -0.1) is 0 Å². The molecular weight excluding hydrogens is 386 g/mol. The summed E-state index contributed by atoms with van der Waals surface area (Å²) in [6.07, 6.45) is 3.47. The van der Waals surface area contributed by atoms with Gasteiger partial charge in [-0.1, -0.05) is 23.5 Å². The number of nitrogens with zero attached hydrogens (tertiary/aromatic N) is 5. The van der Waals surface area contributed by atoms with Crippen LogP contribution in [0.25, 0.3) is 10.2 Å². The van der Waals surface area contributed by atoms with E-state index in [1.54, 1.807) is 35.2 Å². The quantitative estimate of drug-likeness (QED) is 0.502. The Morgan fingerprint density at radius 3 is 2.76 bits per heavy atom. The highest BCUT2D eigenvalue weighted by atomic mass is 32.1. The molecule has 0 spiro atoms. The third-order valence-corrected chi connectivity index (χ3v) is 6.00. The van der Waals surface area contributed by atoms with Crippen LogP contribution in [0.5, 0.6) is 5.75 Å². The lowest BCUT2D eigenvalue weighted by Gasteiger charge is -2.18. The first-order valence-electron chi connectivity index (χ1n) is 9.13. The molecule has 1 aromatic carbocycles. The highest BCUT2D eigenvalue weighted by molar-refractivity contribution is 7.22. The zero-order chi connectivity index (χ0) is 20.5. The number of thiazole rings is 1. The van der Waals surface area contributed by atoms with Gasteiger partial charge in [-0.2, -0.15) is 5.10 Å². The fourth-order valence-corrected chi connectivity index (χ4v) is 4.13. The van der Waals surface area contributed by atoms with Crippen LogP contribution in [0.3, 0.4) is 0 Å². The third kappa shape index (κ3) is 3.58. The number of hydrogen-bond acceptors (Lipinski definition) is 6. The van der Waals surface area contributed by atoms with Crippen LogP contribution in [0, 0.1) is 13.8 Å². The number of benzene rings is 1. The zero-order valence-corrected chi connectivity index (χ0v) is 17.5. The number of amides is 1. The maximum atomic E-state index is 13.4. The minimum absolute atomic E-state index is 0.201. The van der Waals surface area contributed by atoms with Crippen LogP contribution >= 0.6 is 11.3 Å². The summed E-state index contributed by atoms with van der Waals surface area (Å²) in [7, 11) is 3.45. The molecule has 3 aromatic heterocycles. The van der Waals surface area contributed by atoms with Gasteiger partial charge in [-0.05, 0) is 43.2 Å². The molecule has 0 aliphatic carbocycles. The number of pyridine rings is 1. The molecule has 148 valence electrons. The molecule has 0 saturated heterocycles. The molecule has 3 heterocycles. The van der Waals surface area contributed by atoms with Crippen molar-refractivity contribution in [1.29, 1.82) is 0 Å². The number of carbonyl (C=O) groups excluding carboxylic acids is 1. The fraction of sp³-hybridized carbons (Fsp3) is 0.238. The van der Waals surface area contributed by atoms with Crippen LogP contribution in [0.2, 0.25) is 0 Å². The van der Waals surface area contributed by atoms with E-state index < -0.39 is 0 Å². The number of aryl methyl sites for hydroxylation is 3. The maximum absolute atomic E-state index is 13.4. The van der Waals surface area contributed by atoms with E-state index in [2.05, 4.69) is 10.1 Å². The molecule has 0 aliphatic rings. The second-order valence-electron chi connectivity index (χ2n) is 6.81. The lowest BCUT2D eigenvalue weighted by molar-refractivity contribution is 0.0979. The van der Waals surface area contributed by atoms with Gasteiger partial charge in [-0.3, -0.25) is 19.4 Å². The molecule has 7 nitrogen and oxygen atoms in total. The SMILES string of the molecule is COc1ccc(C)c2sc(N(Cc3cccnc3)C(=O)c3cc(C)n(C)n3)nc12. The molecule has 8 heteroatoms. The summed E-state index contributed by atoms with van der Waals surface area (Å²) in [5.41, 5.74) is 4.06. The Balaban J connectivity index is 1.82. The average Bonchev–Trinajstić information content (AvgIpc) is 3.31. The Morgan fingerprint density at radius 2 is 2.10 bits per heavy atom. The number of carbonyl (C=O) groups is 1. The standard InChI is InChI=1S/C21H21N5O2S/c1-13-7-8-17(28-4)18-19(13)29-21(23-18)26(12-15-6-5-9-22-11-15)20(27)16-10-14(2)25(3)24-16/h5-11H,12H2,1-4H3. The number of fused-ring (bicyclic) bond motifs is 1. The first kappa shape index (κ1) is 19.1. The van der Waals surface area contributed by atoms with Crippen LogP contribution in [0.15, 0.2) is 42.7 Å². The molecule has 0 saturated carbocycles. The molecule has 4 aromatic rings. The third-order valence-electron chi connectivity index (χ3n) is 4.78. The largest absolute Gasteiger partial charge is 0.494 e. The van der Waals surface area contributed by atoms with Crippen molar-refractivity contribution in [3.63, 3.8) is 0 Å². The zero-order valence-electron chi connectivity index (χ0n) is 16.7. The number of methoxy groups -OCH3 is 1. The van der Waals surface area contributed by atoms with Crippen molar-refractivity contribution in [1.82, 2.24) is 19.7 Å². The number of hydrogen-bond donors (Lipinski definition) is 0. The summed E-state index contributed by atoms with van der Waals surface area (Å²) in [5.74, 6) is 0.490. The highest BCUT2D eigenvalue weighted by Gasteiger charge is 2.25. The predicted molar refractivity (Wildman–Crippen MR) is 114 cm³/mol. The molecule has 4 rings (SSSR count). The van der Waals surface area contributed by atoms with Crippen molar-refractivity contribution in [3.8, 4) is 5.75 Å². The summed E-state index contributed by atoms with van der Waals surface area (Å²) in [6, 6.07) is 9.48. The molecule has 0 radical (unpaired) electrons. The lowest BCUT2D eigenvalue weighted by atomic mass is 10.2. The first-order chi connectivity index (χ1) is 14.0. The maximum Gasteiger partial charge on any atom is 0.280 e. The van der Waals surface area contributed by atoms with E-state index in [1.165, 1.54) is 11.3 Å². The molecule has 1 amide bonds. The highest BCUT2D eigenvalue weighted by Crippen LogP contribution is 2.37. The van der Waals surface area contributed by atoms with E-state index in [-0.39, 0.29) is 5.91 Å². The van der Waals surface area contributed by atoms with Gasteiger partial charge in [-0.25, -0.2) is 4.98 Å². The smallest absolute Gasteiger partial charge is 0.280 e. The molecule has 29 heavy (non-hydrogen) atoms. The van der Waals surface area contributed by atoms with Gasteiger partial charge in [0.05, 0.1) is 18.4 Å². The minimum atomic E-state index is -0.201. The Labute approximate surface area is 172 Å². The van der Waals surface area contributed by atoms with Gasteiger partial charge in [0, 0.05) is 25.1 Å². The van der Waals surface area contributed by atoms with Crippen LogP contribution in [0.4, 0.5) is 5.13 Å². The second-order valence-corrected chi connectivity index (χ2v) is 7.78. The minimum Gasteiger partial charge on any atom is -0.494 e. The summed E-state index contributed by atoms with van der Waals surface area (Å²) < 4.78 is 8.17. The fourth-order valence-electron chi connectivity index (χ4n) is 3.08. The van der Waals surface area contributed by atoms with Gasteiger partial charge < -0.3 is 4.74 Å². The summed E-state index contributed by atoms with van der Waals surface area (Å²) in [5, 5.41) is 4.97. The number of aromatic nitrogens is 4. The van der Waals surface area contributed by atoms with Crippen LogP contribution in [-0.2, 0) is 13.6 Å². The van der Waals surface area contributed by atoms with Crippen molar-refractivity contribution < 1.29 is 9.53 Å². The number of rotatable bonds is 5. The Hall–Kier alpha value is -3.26. The molecule has 0 unspecified atom stereocenters. The normalized spacial score (nSPS) is 11.0. The molecule has 0 aliphatic heterocycles. The molecule has 0 N–H and O–H groups in total. The number of anilines is 1. The lowest BCUT2D eigenvalue weighted by Crippen LogP contribution is -2.30. The van der Waals surface area contributed by atoms with E-state index >= 15 is 0 Å². The van der Waals surface area contributed by atoms with E-state index in [0.717, 1.165) is 27.0 Å². The molecule has 0 bridgehead atoms. The van der Waals surface area contributed by atoms with Crippen LogP contribution in [-0.4, -0.2) is 32.8 Å². The van der Waals surface area contributed by atoms with Gasteiger partial charge in [0.15, 0.2) is 10.8 Å². The van der Waals surface area contributed by atoms with Crippen molar-refractivity contribution in [2.45, 2.75) is 20.4 Å². The number of ether oxygens (including phenoxy) is 1. The Kier molecular flexibility index (Phi) is 5.02.